The van der Waals surface area contributed by atoms with E-state index in [2.05, 4.69) is 29.2 Å². The number of ether oxygens (including phenoxy) is 2. The lowest BCUT2D eigenvalue weighted by molar-refractivity contribution is 0.00480. The molecule has 3 aromatic carbocycles. The summed E-state index contributed by atoms with van der Waals surface area (Å²) in [6.45, 7) is 4.03. The van der Waals surface area contributed by atoms with Gasteiger partial charge in [0.05, 0.1) is 13.2 Å². The SMILES string of the molecule is Nc1cccc(-c2ccc(OCC(O)CN3CCOCC3)c3ccccc23)c1. The molecule has 146 valence electrons. The summed E-state index contributed by atoms with van der Waals surface area (Å²) in [4.78, 5) is 2.21. The Hall–Kier alpha value is -2.60. The highest BCUT2D eigenvalue weighted by Crippen LogP contribution is 2.35. The highest BCUT2D eigenvalue weighted by Gasteiger charge is 2.16. The quantitative estimate of drug-likeness (QED) is 0.645. The number of benzene rings is 3. The zero-order valence-electron chi connectivity index (χ0n) is 15.9. The monoisotopic (exact) mass is 378 g/mol. The van der Waals surface area contributed by atoms with Crippen LogP contribution >= 0.6 is 0 Å². The smallest absolute Gasteiger partial charge is 0.127 e. The molecule has 0 saturated carbocycles. The Morgan fingerprint density at radius 1 is 1.00 bits per heavy atom. The van der Waals surface area contributed by atoms with Gasteiger partial charge in [-0.1, -0.05) is 42.5 Å². The lowest BCUT2D eigenvalue weighted by Gasteiger charge is -2.28. The summed E-state index contributed by atoms with van der Waals surface area (Å²) in [7, 11) is 0. The number of hydrogen-bond acceptors (Lipinski definition) is 5. The number of anilines is 1. The van der Waals surface area contributed by atoms with E-state index in [-0.39, 0.29) is 6.61 Å². The Morgan fingerprint density at radius 3 is 2.57 bits per heavy atom. The number of aliphatic hydroxyl groups is 1. The predicted molar refractivity (Wildman–Crippen MR) is 113 cm³/mol. The summed E-state index contributed by atoms with van der Waals surface area (Å²) in [5.74, 6) is 0.782. The molecular formula is C23H26N2O3. The fourth-order valence-electron chi connectivity index (χ4n) is 3.68. The van der Waals surface area contributed by atoms with Crippen LogP contribution in [0.5, 0.6) is 5.75 Å². The van der Waals surface area contributed by atoms with Crippen LogP contribution in [-0.4, -0.2) is 55.6 Å². The molecular weight excluding hydrogens is 352 g/mol. The van der Waals surface area contributed by atoms with Crippen molar-refractivity contribution in [2.75, 3.05) is 45.2 Å². The summed E-state index contributed by atoms with van der Waals surface area (Å²) in [5, 5.41) is 12.5. The second-order valence-corrected chi connectivity index (χ2v) is 7.16. The average Bonchev–Trinajstić information content (AvgIpc) is 2.72. The van der Waals surface area contributed by atoms with Gasteiger partial charge in [-0.3, -0.25) is 4.90 Å². The zero-order valence-corrected chi connectivity index (χ0v) is 15.9. The molecule has 5 nitrogen and oxygen atoms in total. The minimum Gasteiger partial charge on any atom is -0.490 e. The van der Waals surface area contributed by atoms with E-state index in [1.807, 2.05) is 36.4 Å². The van der Waals surface area contributed by atoms with Gasteiger partial charge in [-0.2, -0.15) is 0 Å². The van der Waals surface area contributed by atoms with Crippen molar-refractivity contribution in [2.45, 2.75) is 6.10 Å². The van der Waals surface area contributed by atoms with Crippen LogP contribution in [0.15, 0.2) is 60.7 Å². The van der Waals surface area contributed by atoms with Crippen molar-refractivity contribution in [3.8, 4) is 16.9 Å². The molecule has 1 aliphatic heterocycles. The second-order valence-electron chi connectivity index (χ2n) is 7.16. The van der Waals surface area contributed by atoms with Gasteiger partial charge in [0, 0.05) is 30.7 Å². The molecule has 4 rings (SSSR count). The van der Waals surface area contributed by atoms with Crippen molar-refractivity contribution >= 4 is 16.5 Å². The molecule has 1 fully saturated rings. The standard InChI is InChI=1S/C23H26N2O3/c24-18-5-3-4-17(14-18)20-8-9-23(22-7-2-1-6-21(20)22)28-16-19(26)15-25-10-12-27-13-11-25/h1-9,14,19,26H,10-13,15-16,24H2. The third kappa shape index (κ3) is 4.28. The number of nitrogens with two attached hydrogens (primary N) is 1. The van der Waals surface area contributed by atoms with Crippen LogP contribution in [0, 0.1) is 0 Å². The van der Waals surface area contributed by atoms with Crippen LogP contribution in [0.4, 0.5) is 5.69 Å². The molecule has 0 radical (unpaired) electrons. The molecule has 1 saturated heterocycles. The van der Waals surface area contributed by atoms with Gasteiger partial charge in [0.15, 0.2) is 0 Å². The number of hydrogen-bond donors (Lipinski definition) is 2. The summed E-state index contributed by atoms with van der Waals surface area (Å²) in [6, 6.07) is 20.1. The van der Waals surface area contributed by atoms with Crippen molar-refractivity contribution in [3.05, 3.63) is 60.7 Å². The summed E-state index contributed by atoms with van der Waals surface area (Å²) in [5.41, 5.74) is 8.90. The van der Waals surface area contributed by atoms with Gasteiger partial charge in [-0.15, -0.1) is 0 Å². The summed E-state index contributed by atoms with van der Waals surface area (Å²) >= 11 is 0. The van der Waals surface area contributed by atoms with Gasteiger partial charge < -0.3 is 20.3 Å². The lowest BCUT2D eigenvalue weighted by Crippen LogP contribution is -2.42. The first kappa shape index (κ1) is 18.7. The van der Waals surface area contributed by atoms with Gasteiger partial charge in [0.25, 0.3) is 0 Å². The first-order valence-electron chi connectivity index (χ1n) is 9.69. The van der Waals surface area contributed by atoms with E-state index < -0.39 is 6.10 Å². The molecule has 5 heteroatoms. The minimum atomic E-state index is -0.537. The van der Waals surface area contributed by atoms with Gasteiger partial charge in [-0.25, -0.2) is 0 Å². The van der Waals surface area contributed by atoms with Gasteiger partial charge >= 0.3 is 0 Å². The molecule has 1 unspecified atom stereocenters. The Labute approximate surface area is 165 Å². The van der Waals surface area contributed by atoms with E-state index >= 15 is 0 Å². The van der Waals surface area contributed by atoms with Crippen molar-refractivity contribution in [1.29, 1.82) is 0 Å². The Morgan fingerprint density at radius 2 is 1.79 bits per heavy atom. The van der Waals surface area contributed by atoms with Gasteiger partial charge in [0.1, 0.15) is 18.5 Å². The molecule has 3 N–H and O–H groups in total. The number of rotatable bonds is 6. The van der Waals surface area contributed by atoms with Crippen molar-refractivity contribution in [1.82, 2.24) is 4.90 Å². The van der Waals surface area contributed by atoms with E-state index in [4.69, 9.17) is 15.2 Å². The van der Waals surface area contributed by atoms with E-state index in [1.54, 1.807) is 0 Å². The van der Waals surface area contributed by atoms with Crippen LogP contribution in [0.2, 0.25) is 0 Å². The molecule has 1 heterocycles. The fraction of sp³-hybridized carbons (Fsp3) is 0.304. The molecule has 28 heavy (non-hydrogen) atoms. The van der Waals surface area contributed by atoms with Crippen LogP contribution < -0.4 is 10.5 Å². The van der Waals surface area contributed by atoms with Crippen LogP contribution in [0.1, 0.15) is 0 Å². The highest BCUT2D eigenvalue weighted by atomic mass is 16.5. The lowest BCUT2D eigenvalue weighted by atomic mass is 9.97. The predicted octanol–water partition coefficient (Wildman–Crippen LogP) is 3.16. The number of nitrogens with zero attached hydrogens (tertiary/aromatic N) is 1. The molecule has 0 aliphatic carbocycles. The first-order chi connectivity index (χ1) is 13.7. The maximum Gasteiger partial charge on any atom is 0.127 e. The number of aliphatic hydroxyl groups excluding tert-OH is 1. The van der Waals surface area contributed by atoms with E-state index in [9.17, 15) is 5.11 Å². The molecule has 1 aliphatic rings. The topological polar surface area (TPSA) is 68.0 Å². The molecule has 0 aromatic heterocycles. The van der Waals surface area contributed by atoms with E-state index in [0.29, 0.717) is 6.54 Å². The number of morpholine rings is 1. The molecule has 1 atom stereocenters. The van der Waals surface area contributed by atoms with E-state index in [0.717, 1.165) is 59.6 Å². The molecule has 0 spiro atoms. The molecule has 3 aromatic rings. The third-order valence-electron chi connectivity index (χ3n) is 5.09. The number of β-amino-alcohol motifs (C(OH)–C–C–N with tert-alkyl or cyclic N) is 1. The fourth-order valence-corrected chi connectivity index (χ4v) is 3.68. The number of nitrogen functional groups attached to an aromatic ring is 1. The minimum absolute atomic E-state index is 0.263. The van der Waals surface area contributed by atoms with Crippen molar-refractivity contribution < 1.29 is 14.6 Å². The Bertz CT molecular complexity index is 938. The van der Waals surface area contributed by atoms with Crippen LogP contribution in [0.3, 0.4) is 0 Å². The maximum atomic E-state index is 10.4. The maximum absolute atomic E-state index is 10.4. The summed E-state index contributed by atoms with van der Waals surface area (Å²) in [6.07, 6.45) is -0.537. The summed E-state index contributed by atoms with van der Waals surface area (Å²) < 4.78 is 11.4. The van der Waals surface area contributed by atoms with E-state index in [1.165, 1.54) is 0 Å². The normalized spacial score (nSPS) is 16.2. The van der Waals surface area contributed by atoms with Crippen molar-refractivity contribution in [3.63, 3.8) is 0 Å². The first-order valence-corrected chi connectivity index (χ1v) is 9.69. The van der Waals surface area contributed by atoms with Crippen LogP contribution in [0.25, 0.3) is 21.9 Å². The largest absolute Gasteiger partial charge is 0.490 e. The second kappa shape index (κ2) is 8.61. The zero-order chi connectivity index (χ0) is 19.3. The van der Waals surface area contributed by atoms with Gasteiger partial charge in [0.2, 0.25) is 0 Å². The Balaban J connectivity index is 1.53. The number of fused-ring (bicyclic) bond motifs is 1. The molecule has 0 amide bonds. The van der Waals surface area contributed by atoms with Crippen LogP contribution in [-0.2, 0) is 4.74 Å². The third-order valence-corrected chi connectivity index (χ3v) is 5.09. The highest BCUT2D eigenvalue weighted by molar-refractivity contribution is 6.00. The van der Waals surface area contributed by atoms with Crippen molar-refractivity contribution in [2.24, 2.45) is 0 Å². The van der Waals surface area contributed by atoms with Gasteiger partial charge in [-0.05, 0) is 34.7 Å². The Kier molecular flexibility index (Phi) is 5.76. The average molecular weight is 378 g/mol. The molecule has 0 bridgehead atoms.